The zero-order valence-electron chi connectivity index (χ0n) is 12.8. The van der Waals surface area contributed by atoms with Gasteiger partial charge in [0.05, 0.1) is 11.5 Å². The largest absolute Gasteiger partial charge is 0.467 e. The Morgan fingerprint density at radius 2 is 1.85 bits per heavy atom. The lowest BCUT2D eigenvalue weighted by Crippen LogP contribution is -2.47. The van der Waals surface area contributed by atoms with E-state index >= 15 is 0 Å². The van der Waals surface area contributed by atoms with Crippen LogP contribution in [0.25, 0.3) is 0 Å². The van der Waals surface area contributed by atoms with Crippen molar-refractivity contribution in [2.24, 2.45) is 5.92 Å². The maximum Gasteiger partial charge on any atom is 0.467 e. The van der Waals surface area contributed by atoms with Gasteiger partial charge in [0.2, 0.25) is 6.54 Å². The molecule has 0 atom stereocenters. The first kappa shape index (κ1) is 15.3. The fourth-order valence-corrected chi connectivity index (χ4v) is 3.68. The highest BCUT2D eigenvalue weighted by molar-refractivity contribution is 5.66. The molecule has 1 heterocycles. The molecule has 0 spiro atoms. The molecule has 0 aromatic rings. The van der Waals surface area contributed by atoms with Crippen molar-refractivity contribution in [1.82, 2.24) is 5.01 Å². The smallest absolute Gasteiger partial charge is 0.439 e. The van der Waals surface area contributed by atoms with Crippen LogP contribution in [0.4, 0.5) is 4.79 Å². The van der Waals surface area contributed by atoms with Crippen LogP contribution < -0.4 is 0 Å². The average Bonchev–Trinajstić information content (AvgIpc) is 2.92. The Kier molecular flexibility index (Phi) is 5.00. The van der Waals surface area contributed by atoms with Gasteiger partial charge in [0.25, 0.3) is 0 Å². The van der Waals surface area contributed by atoms with E-state index in [2.05, 4.69) is 13.8 Å². The van der Waals surface area contributed by atoms with Crippen molar-refractivity contribution in [1.29, 1.82) is 0 Å². The van der Waals surface area contributed by atoms with Gasteiger partial charge in [-0.15, -0.1) is 0 Å². The van der Waals surface area contributed by atoms with E-state index in [4.69, 9.17) is 4.74 Å². The third kappa shape index (κ3) is 2.96. The molecule has 2 aliphatic rings. The molecule has 1 aliphatic heterocycles. The van der Waals surface area contributed by atoms with E-state index in [0.29, 0.717) is 19.0 Å². The number of hydrogen-bond donors (Lipinski definition) is 0. The molecule has 1 amide bonds. The number of ether oxygens (including phenoxy) is 1. The molecule has 2 fully saturated rings. The lowest BCUT2D eigenvalue weighted by molar-refractivity contribution is -0.667. The second-order valence-corrected chi connectivity index (χ2v) is 6.03. The van der Waals surface area contributed by atoms with Crippen molar-refractivity contribution >= 4 is 6.09 Å². The van der Waals surface area contributed by atoms with Gasteiger partial charge in [-0.1, -0.05) is 33.1 Å². The maximum atomic E-state index is 12.3. The minimum absolute atomic E-state index is 0.388. The van der Waals surface area contributed by atoms with E-state index in [-0.39, 0.29) is 5.60 Å². The predicted octanol–water partition coefficient (Wildman–Crippen LogP) is 3.66. The average molecular weight is 283 g/mol. The summed E-state index contributed by atoms with van der Waals surface area (Å²) in [6.07, 6.45) is 7.93. The van der Waals surface area contributed by atoms with E-state index in [1.165, 1.54) is 24.3 Å². The summed E-state index contributed by atoms with van der Waals surface area (Å²) in [6, 6.07) is 0. The monoisotopic (exact) mass is 283 g/mol. The highest BCUT2D eigenvalue weighted by Gasteiger charge is 2.44. The van der Waals surface area contributed by atoms with Gasteiger partial charge < -0.3 is 4.74 Å². The quantitative estimate of drug-likeness (QED) is 0.740. The third-order valence-electron chi connectivity index (χ3n) is 5.04. The van der Waals surface area contributed by atoms with Crippen LogP contribution >= 0.6 is 0 Å². The van der Waals surface area contributed by atoms with Crippen molar-refractivity contribution in [2.75, 3.05) is 13.1 Å². The van der Waals surface area contributed by atoms with E-state index in [9.17, 15) is 9.70 Å². The topological polar surface area (TPSA) is 49.6 Å². The van der Waals surface area contributed by atoms with Gasteiger partial charge in [-0.3, -0.25) is 0 Å². The highest BCUT2D eigenvalue weighted by atomic mass is 16.6. The molecule has 0 bridgehead atoms. The number of carbonyl (C=O) groups excluding carboxylic acids is 1. The van der Waals surface area contributed by atoms with Crippen LogP contribution in [0.2, 0.25) is 0 Å². The van der Waals surface area contributed by atoms with Crippen molar-refractivity contribution in [3.05, 3.63) is 4.91 Å². The fraction of sp³-hybridized carbons (Fsp3) is 0.933. The van der Waals surface area contributed by atoms with Gasteiger partial charge in [0.15, 0.2) is 0 Å². The Morgan fingerprint density at radius 3 is 2.35 bits per heavy atom. The zero-order valence-corrected chi connectivity index (χ0v) is 12.8. The van der Waals surface area contributed by atoms with Gasteiger partial charge in [-0.25, -0.2) is 4.79 Å². The van der Waals surface area contributed by atoms with E-state index in [1.54, 1.807) is 0 Å². The lowest BCUT2D eigenvalue weighted by atomic mass is 9.74. The summed E-state index contributed by atoms with van der Waals surface area (Å²) in [6.45, 7) is 5.05. The van der Waals surface area contributed by atoms with Gasteiger partial charge in [-0.05, 0) is 36.6 Å². The summed E-state index contributed by atoms with van der Waals surface area (Å²) >= 11 is 0. The first-order chi connectivity index (χ1) is 9.63. The molecule has 0 aromatic heterocycles. The SMILES string of the molecule is CCC(CC)(OC(=O)N1CCC[N+]1=O)C1CCCCC1. The minimum atomic E-state index is -0.452. The summed E-state index contributed by atoms with van der Waals surface area (Å²) in [4.78, 5) is 24.6. The molecular formula is C15H27N2O3+. The Labute approximate surface area is 121 Å². The van der Waals surface area contributed by atoms with Crippen molar-refractivity contribution < 1.29 is 14.4 Å². The molecule has 1 saturated carbocycles. The summed E-state index contributed by atoms with van der Waals surface area (Å²) in [5, 5.41) is 1.21. The number of hydrazine groups is 1. The summed E-state index contributed by atoms with van der Waals surface area (Å²) in [7, 11) is 0. The van der Waals surface area contributed by atoms with Gasteiger partial charge >= 0.3 is 6.09 Å². The number of amides is 1. The first-order valence-corrected chi connectivity index (χ1v) is 8.08. The number of nitroso groups, excluding NO2 is 1. The predicted molar refractivity (Wildman–Crippen MR) is 76.2 cm³/mol. The normalized spacial score (nSPS) is 21.3. The number of rotatable bonds is 4. The fourth-order valence-electron chi connectivity index (χ4n) is 3.68. The molecule has 0 radical (unpaired) electrons. The molecule has 1 aliphatic carbocycles. The molecule has 0 unspecified atom stereocenters. The standard InChI is InChI=1S/C15H27N2O3/c1-3-15(4-2,13-9-6-5-7-10-13)20-14(18)16-11-8-12-17(16)19/h13H,3-12H2,1-2H3/q+1. The van der Waals surface area contributed by atoms with Crippen LogP contribution in [0.5, 0.6) is 0 Å². The Hall–Kier alpha value is -1.13. The second-order valence-electron chi connectivity index (χ2n) is 6.03. The van der Waals surface area contributed by atoms with Crippen LogP contribution in [0.1, 0.15) is 65.2 Å². The van der Waals surface area contributed by atoms with E-state index < -0.39 is 6.09 Å². The Bertz CT molecular complexity index is 360. The third-order valence-corrected chi connectivity index (χ3v) is 5.04. The van der Waals surface area contributed by atoms with Crippen molar-refractivity contribution in [2.45, 2.75) is 70.8 Å². The van der Waals surface area contributed by atoms with Crippen LogP contribution in [0, 0.1) is 10.8 Å². The van der Waals surface area contributed by atoms with Gasteiger partial charge in [0.1, 0.15) is 10.5 Å². The van der Waals surface area contributed by atoms with E-state index in [0.717, 1.165) is 37.0 Å². The number of nitrogens with zero attached hydrogens (tertiary/aromatic N) is 2. The van der Waals surface area contributed by atoms with Crippen LogP contribution in [0.3, 0.4) is 0 Å². The van der Waals surface area contributed by atoms with Crippen molar-refractivity contribution in [3.63, 3.8) is 0 Å². The first-order valence-electron chi connectivity index (χ1n) is 8.08. The Balaban J connectivity index is 2.07. The number of carbonyl (C=O) groups is 1. The van der Waals surface area contributed by atoms with Crippen LogP contribution in [-0.2, 0) is 4.74 Å². The maximum absolute atomic E-state index is 12.3. The summed E-state index contributed by atoms with van der Waals surface area (Å²) in [5.41, 5.74) is -0.388. The van der Waals surface area contributed by atoms with Crippen molar-refractivity contribution in [3.8, 4) is 0 Å². The Morgan fingerprint density at radius 1 is 1.20 bits per heavy atom. The minimum Gasteiger partial charge on any atom is -0.439 e. The summed E-state index contributed by atoms with van der Waals surface area (Å²) < 4.78 is 5.88. The van der Waals surface area contributed by atoms with E-state index in [1.807, 2.05) is 0 Å². The second kappa shape index (κ2) is 6.55. The molecule has 5 heteroatoms. The molecule has 2 rings (SSSR count). The highest BCUT2D eigenvalue weighted by Crippen LogP contribution is 2.40. The van der Waals surface area contributed by atoms with Gasteiger partial charge in [-0.2, -0.15) is 0 Å². The number of hydrogen-bond acceptors (Lipinski definition) is 3. The molecular weight excluding hydrogens is 256 g/mol. The molecule has 114 valence electrons. The van der Waals surface area contributed by atoms with Crippen LogP contribution in [0.15, 0.2) is 0 Å². The molecule has 5 nitrogen and oxygen atoms in total. The van der Waals surface area contributed by atoms with Gasteiger partial charge in [0, 0.05) is 6.42 Å². The molecule has 0 N–H and O–H groups in total. The van der Waals surface area contributed by atoms with Crippen LogP contribution in [-0.4, -0.2) is 34.7 Å². The molecule has 1 saturated heterocycles. The zero-order chi connectivity index (χ0) is 14.6. The molecule has 20 heavy (non-hydrogen) atoms. The lowest BCUT2D eigenvalue weighted by Gasteiger charge is -2.40. The molecule has 0 aromatic carbocycles. The summed E-state index contributed by atoms with van der Waals surface area (Å²) in [5.74, 6) is 0.443.